The molecule has 0 aromatic heterocycles. The van der Waals surface area contributed by atoms with Crippen molar-refractivity contribution in [1.82, 2.24) is 0 Å². The molecule has 0 spiro atoms. The maximum absolute atomic E-state index is 13.3. The van der Waals surface area contributed by atoms with Gasteiger partial charge in [-0.05, 0) is 61.9 Å². The number of carbonyl (C=O) groups is 2. The third-order valence-electron chi connectivity index (χ3n) is 5.67. The van der Waals surface area contributed by atoms with Crippen LogP contribution in [0.15, 0.2) is 72.3 Å². The second-order valence-corrected chi connectivity index (χ2v) is 8.27. The molecule has 1 N–H and O–H groups in total. The first kappa shape index (κ1) is 23.4. The fourth-order valence-electron chi connectivity index (χ4n) is 4.02. The van der Waals surface area contributed by atoms with Gasteiger partial charge >= 0.3 is 0 Å². The number of halogens is 1. The Morgan fingerprint density at radius 1 is 1.06 bits per heavy atom. The highest BCUT2D eigenvalue weighted by molar-refractivity contribution is 6.51. The molecule has 1 saturated heterocycles. The highest BCUT2D eigenvalue weighted by Crippen LogP contribution is 2.43. The van der Waals surface area contributed by atoms with E-state index in [0.29, 0.717) is 39.9 Å². The van der Waals surface area contributed by atoms with E-state index in [2.05, 4.69) is 0 Å². The molecule has 1 aliphatic rings. The topological polar surface area (TPSA) is 76.1 Å². The van der Waals surface area contributed by atoms with E-state index in [1.54, 1.807) is 48.5 Å². The van der Waals surface area contributed by atoms with Crippen molar-refractivity contribution in [1.29, 1.82) is 0 Å². The number of hydrogen-bond donors (Lipinski definition) is 1. The van der Waals surface area contributed by atoms with Crippen molar-refractivity contribution < 1.29 is 24.2 Å². The molecule has 1 heterocycles. The standard InChI is InChI=1S/C27H24ClNO5/c1-4-34-20-7-5-6-17(14-20)24-23(25(30)18-10-13-21(28)22(15-18)33-3)26(31)27(32)29(24)19-11-8-16(2)9-12-19/h5-15,24,30H,4H2,1-3H3/b25-23-. The Bertz CT molecular complexity index is 1280. The molecule has 0 bridgehead atoms. The van der Waals surface area contributed by atoms with Crippen molar-refractivity contribution >= 4 is 34.7 Å². The Labute approximate surface area is 203 Å². The van der Waals surface area contributed by atoms with E-state index in [0.717, 1.165) is 5.56 Å². The molecule has 3 aromatic rings. The number of benzene rings is 3. The molecular formula is C27H24ClNO5. The molecule has 3 aromatic carbocycles. The molecule has 0 saturated carbocycles. The predicted molar refractivity (Wildman–Crippen MR) is 132 cm³/mol. The largest absolute Gasteiger partial charge is 0.507 e. The van der Waals surface area contributed by atoms with Crippen LogP contribution in [0.3, 0.4) is 0 Å². The number of ether oxygens (including phenoxy) is 2. The number of aliphatic hydroxyl groups is 1. The lowest BCUT2D eigenvalue weighted by Gasteiger charge is -2.26. The monoisotopic (exact) mass is 477 g/mol. The number of Topliss-reactive ketones (excluding diaryl/α,β-unsaturated/α-hetero) is 1. The first-order valence-corrected chi connectivity index (χ1v) is 11.2. The highest BCUT2D eigenvalue weighted by atomic mass is 35.5. The molecule has 34 heavy (non-hydrogen) atoms. The molecule has 7 heteroatoms. The predicted octanol–water partition coefficient (Wildman–Crippen LogP) is 5.68. The van der Waals surface area contributed by atoms with Crippen LogP contribution in [0.4, 0.5) is 5.69 Å². The van der Waals surface area contributed by atoms with Crippen LogP contribution in [0, 0.1) is 6.92 Å². The average molecular weight is 478 g/mol. The summed E-state index contributed by atoms with van der Waals surface area (Å²) in [7, 11) is 1.46. The molecule has 4 rings (SSSR count). The molecule has 0 radical (unpaired) electrons. The second kappa shape index (κ2) is 9.61. The van der Waals surface area contributed by atoms with E-state index in [4.69, 9.17) is 21.1 Å². The molecule has 1 amide bonds. The highest BCUT2D eigenvalue weighted by Gasteiger charge is 2.47. The van der Waals surface area contributed by atoms with Crippen molar-refractivity contribution in [2.75, 3.05) is 18.6 Å². The number of nitrogens with zero attached hydrogens (tertiary/aromatic N) is 1. The van der Waals surface area contributed by atoms with Gasteiger partial charge in [0.15, 0.2) is 0 Å². The maximum Gasteiger partial charge on any atom is 0.300 e. The summed E-state index contributed by atoms with van der Waals surface area (Å²) in [5, 5.41) is 11.6. The molecule has 1 unspecified atom stereocenters. The van der Waals surface area contributed by atoms with Gasteiger partial charge in [0.05, 0.1) is 30.4 Å². The van der Waals surface area contributed by atoms with Gasteiger partial charge in [-0.15, -0.1) is 0 Å². The zero-order valence-electron chi connectivity index (χ0n) is 19.0. The normalized spacial score (nSPS) is 17.2. The van der Waals surface area contributed by atoms with Crippen molar-refractivity contribution in [3.8, 4) is 11.5 Å². The fraction of sp³-hybridized carbons (Fsp3) is 0.185. The smallest absolute Gasteiger partial charge is 0.300 e. The van der Waals surface area contributed by atoms with Gasteiger partial charge in [0.25, 0.3) is 11.7 Å². The quantitative estimate of drug-likeness (QED) is 0.281. The summed E-state index contributed by atoms with van der Waals surface area (Å²) in [5.41, 5.74) is 2.49. The minimum absolute atomic E-state index is 0.0244. The van der Waals surface area contributed by atoms with E-state index in [-0.39, 0.29) is 11.3 Å². The summed E-state index contributed by atoms with van der Waals surface area (Å²) in [6, 6.07) is 18.3. The van der Waals surface area contributed by atoms with Crippen LogP contribution < -0.4 is 14.4 Å². The van der Waals surface area contributed by atoms with Crippen LogP contribution in [0.5, 0.6) is 11.5 Å². The Morgan fingerprint density at radius 2 is 1.79 bits per heavy atom. The number of aliphatic hydroxyl groups excluding tert-OH is 1. The van der Waals surface area contributed by atoms with E-state index < -0.39 is 17.7 Å². The van der Waals surface area contributed by atoms with Crippen molar-refractivity contribution in [3.05, 3.63) is 94.0 Å². The number of anilines is 1. The summed E-state index contributed by atoms with van der Waals surface area (Å²) in [6.07, 6.45) is 0. The number of aryl methyl sites for hydroxylation is 1. The first-order valence-electron chi connectivity index (χ1n) is 10.8. The lowest BCUT2D eigenvalue weighted by atomic mass is 9.95. The SMILES string of the molecule is CCOc1cccc(C2/C(=C(/O)c3ccc(Cl)c(OC)c3)C(=O)C(=O)N2c2ccc(C)cc2)c1. The number of ketones is 1. The van der Waals surface area contributed by atoms with Gasteiger partial charge in [-0.1, -0.05) is 41.4 Å². The van der Waals surface area contributed by atoms with E-state index in [1.165, 1.54) is 18.1 Å². The van der Waals surface area contributed by atoms with Crippen LogP contribution in [0.25, 0.3) is 5.76 Å². The van der Waals surface area contributed by atoms with Crippen molar-refractivity contribution in [2.24, 2.45) is 0 Å². The van der Waals surface area contributed by atoms with Gasteiger partial charge in [0.1, 0.15) is 17.3 Å². The Balaban J connectivity index is 1.94. The maximum atomic E-state index is 13.3. The van der Waals surface area contributed by atoms with Gasteiger partial charge in [-0.3, -0.25) is 14.5 Å². The summed E-state index contributed by atoms with van der Waals surface area (Å²) < 4.78 is 10.9. The fourth-order valence-corrected chi connectivity index (χ4v) is 4.22. The number of carbonyl (C=O) groups excluding carboxylic acids is 2. The second-order valence-electron chi connectivity index (χ2n) is 7.86. The summed E-state index contributed by atoms with van der Waals surface area (Å²) >= 11 is 6.13. The molecule has 6 nitrogen and oxygen atoms in total. The minimum Gasteiger partial charge on any atom is -0.507 e. The zero-order valence-corrected chi connectivity index (χ0v) is 19.8. The van der Waals surface area contributed by atoms with E-state index in [9.17, 15) is 14.7 Å². The molecule has 1 aliphatic heterocycles. The van der Waals surface area contributed by atoms with Crippen LogP contribution in [0.2, 0.25) is 5.02 Å². The number of hydrogen-bond acceptors (Lipinski definition) is 5. The van der Waals surface area contributed by atoms with Gasteiger partial charge in [-0.2, -0.15) is 0 Å². The Hall–Kier alpha value is -3.77. The van der Waals surface area contributed by atoms with E-state index in [1.807, 2.05) is 26.0 Å². The molecule has 174 valence electrons. The average Bonchev–Trinajstić information content (AvgIpc) is 3.10. The van der Waals surface area contributed by atoms with Crippen LogP contribution in [-0.4, -0.2) is 30.5 Å². The number of rotatable bonds is 6. The first-order chi connectivity index (χ1) is 16.3. The van der Waals surface area contributed by atoms with Crippen molar-refractivity contribution in [3.63, 3.8) is 0 Å². The Kier molecular flexibility index (Phi) is 6.61. The lowest BCUT2D eigenvalue weighted by Crippen LogP contribution is -2.29. The number of amides is 1. The summed E-state index contributed by atoms with van der Waals surface area (Å²) in [6.45, 7) is 4.28. The number of methoxy groups -OCH3 is 1. The van der Waals surface area contributed by atoms with Crippen LogP contribution in [0.1, 0.15) is 29.7 Å². The summed E-state index contributed by atoms with van der Waals surface area (Å²) in [4.78, 5) is 28.0. The van der Waals surface area contributed by atoms with Gasteiger partial charge in [0.2, 0.25) is 0 Å². The molecular weight excluding hydrogens is 454 g/mol. The molecule has 0 aliphatic carbocycles. The van der Waals surface area contributed by atoms with Crippen LogP contribution in [-0.2, 0) is 9.59 Å². The third kappa shape index (κ3) is 4.24. The summed E-state index contributed by atoms with van der Waals surface area (Å²) in [5.74, 6) is -0.872. The molecule has 1 fully saturated rings. The van der Waals surface area contributed by atoms with E-state index >= 15 is 0 Å². The Morgan fingerprint density at radius 3 is 2.47 bits per heavy atom. The van der Waals surface area contributed by atoms with Gasteiger partial charge in [-0.25, -0.2) is 0 Å². The van der Waals surface area contributed by atoms with Gasteiger partial charge in [0, 0.05) is 11.3 Å². The van der Waals surface area contributed by atoms with Gasteiger partial charge < -0.3 is 14.6 Å². The minimum atomic E-state index is -0.857. The van der Waals surface area contributed by atoms with Crippen molar-refractivity contribution in [2.45, 2.75) is 19.9 Å². The lowest BCUT2D eigenvalue weighted by molar-refractivity contribution is -0.132. The van der Waals surface area contributed by atoms with Crippen LogP contribution >= 0.6 is 11.6 Å². The molecule has 1 atom stereocenters. The zero-order chi connectivity index (χ0) is 24.4. The third-order valence-corrected chi connectivity index (χ3v) is 5.98.